The number of carbonyl (C=O) groups is 1. The number of rotatable bonds is 6. The van der Waals surface area contributed by atoms with Crippen molar-refractivity contribution >= 4 is 5.91 Å². The Kier molecular flexibility index (Phi) is 4.91. The second kappa shape index (κ2) is 6.22. The molecule has 0 radical (unpaired) electrons. The minimum absolute atomic E-state index is 0.0149. The molecule has 1 heterocycles. The number of nitrogens with zero attached hydrogens (tertiary/aromatic N) is 4. The number of aryl methyl sites for hydroxylation is 1. The molecule has 16 heavy (non-hydrogen) atoms. The van der Waals surface area contributed by atoms with Crippen LogP contribution >= 0.6 is 0 Å². The minimum atomic E-state index is 0.0149. The van der Waals surface area contributed by atoms with Crippen LogP contribution in [-0.2, 0) is 17.8 Å². The number of amides is 1. The lowest BCUT2D eigenvalue weighted by Gasteiger charge is -2.13. The molecule has 0 spiro atoms. The molecule has 1 rings (SSSR count). The molecule has 1 amide bonds. The highest BCUT2D eigenvalue weighted by atomic mass is 16.2. The lowest BCUT2D eigenvalue weighted by atomic mass is 10.3. The van der Waals surface area contributed by atoms with Crippen molar-refractivity contribution in [3.05, 3.63) is 11.9 Å². The summed E-state index contributed by atoms with van der Waals surface area (Å²) < 4.78 is 1.53. The number of aromatic nitrogens is 3. The summed E-state index contributed by atoms with van der Waals surface area (Å²) in [7, 11) is 1.76. The Morgan fingerprint density at radius 1 is 1.62 bits per heavy atom. The first-order chi connectivity index (χ1) is 7.67. The van der Waals surface area contributed by atoms with Gasteiger partial charge < -0.3 is 10.0 Å². The summed E-state index contributed by atoms with van der Waals surface area (Å²) in [5, 5.41) is 16.5. The third-order valence-electron chi connectivity index (χ3n) is 2.37. The Hall–Kier alpha value is -1.43. The Morgan fingerprint density at radius 3 is 3.00 bits per heavy atom. The van der Waals surface area contributed by atoms with Gasteiger partial charge in [0, 0.05) is 26.4 Å². The first-order valence-electron chi connectivity index (χ1n) is 5.41. The van der Waals surface area contributed by atoms with E-state index in [9.17, 15) is 4.79 Å². The van der Waals surface area contributed by atoms with Gasteiger partial charge >= 0.3 is 0 Å². The molecule has 90 valence electrons. The van der Waals surface area contributed by atoms with Gasteiger partial charge in [0.2, 0.25) is 5.91 Å². The fourth-order valence-corrected chi connectivity index (χ4v) is 1.23. The van der Waals surface area contributed by atoms with E-state index in [0.717, 1.165) is 5.69 Å². The molecule has 0 saturated carbocycles. The minimum Gasteiger partial charge on any atom is -0.396 e. The van der Waals surface area contributed by atoms with E-state index in [1.165, 1.54) is 4.68 Å². The Morgan fingerprint density at radius 2 is 2.38 bits per heavy atom. The smallest absolute Gasteiger partial charge is 0.244 e. The molecule has 0 unspecified atom stereocenters. The zero-order valence-electron chi connectivity index (χ0n) is 9.76. The number of aliphatic hydroxyl groups is 1. The van der Waals surface area contributed by atoms with Crippen LogP contribution in [0.5, 0.6) is 0 Å². The third kappa shape index (κ3) is 3.62. The van der Waals surface area contributed by atoms with Gasteiger partial charge in [-0.05, 0) is 19.8 Å². The number of carbonyl (C=O) groups excluding carboxylic acids is 1. The van der Waals surface area contributed by atoms with Gasteiger partial charge in [-0.1, -0.05) is 5.21 Å². The van der Waals surface area contributed by atoms with Crippen molar-refractivity contribution in [3.63, 3.8) is 0 Å². The molecular formula is C10H18N4O2. The van der Waals surface area contributed by atoms with Gasteiger partial charge in [-0.25, -0.2) is 4.68 Å². The number of hydrogen-bond acceptors (Lipinski definition) is 4. The van der Waals surface area contributed by atoms with Crippen LogP contribution in [0.4, 0.5) is 0 Å². The second-order valence-corrected chi connectivity index (χ2v) is 3.64. The summed E-state index contributed by atoms with van der Waals surface area (Å²) in [6.07, 6.45) is 3.10. The fraction of sp³-hybridized carbons (Fsp3) is 0.700. The zero-order chi connectivity index (χ0) is 12.0. The summed E-state index contributed by atoms with van der Waals surface area (Å²) in [4.78, 5) is 13.2. The van der Waals surface area contributed by atoms with Gasteiger partial charge in [0.05, 0.1) is 5.69 Å². The van der Waals surface area contributed by atoms with Crippen LogP contribution in [0.15, 0.2) is 6.20 Å². The predicted molar refractivity (Wildman–Crippen MR) is 58.7 cm³/mol. The Bertz CT molecular complexity index is 337. The molecule has 0 fully saturated rings. The molecule has 1 aromatic heterocycles. The molecule has 6 heteroatoms. The van der Waals surface area contributed by atoms with Crippen LogP contribution in [0.3, 0.4) is 0 Å². The molecule has 1 aromatic rings. The van der Waals surface area contributed by atoms with E-state index in [4.69, 9.17) is 5.11 Å². The van der Waals surface area contributed by atoms with Gasteiger partial charge in [0.15, 0.2) is 0 Å². The van der Waals surface area contributed by atoms with Crippen molar-refractivity contribution in [2.45, 2.75) is 26.3 Å². The first-order valence-corrected chi connectivity index (χ1v) is 5.41. The van der Waals surface area contributed by atoms with Crippen molar-refractivity contribution < 1.29 is 9.90 Å². The molecule has 0 saturated heterocycles. The number of likely N-dealkylation sites (N-methyl/N-ethyl adjacent to an activating group) is 1. The molecule has 0 aliphatic rings. The fourth-order valence-electron chi connectivity index (χ4n) is 1.23. The van der Waals surface area contributed by atoms with Crippen LogP contribution in [0.25, 0.3) is 0 Å². The first kappa shape index (κ1) is 12.6. The quantitative estimate of drug-likeness (QED) is 0.721. The molecular weight excluding hydrogens is 208 g/mol. The van der Waals surface area contributed by atoms with E-state index >= 15 is 0 Å². The van der Waals surface area contributed by atoms with Gasteiger partial charge in [-0.2, -0.15) is 0 Å². The lowest BCUT2D eigenvalue weighted by molar-refractivity contribution is -0.130. The van der Waals surface area contributed by atoms with Gasteiger partial charge in [-0.15, -0.1) is 5.10 Å². The van der Waals surface area contributed by atoms with Gasteiger partial charge in [0.1, 0.15) is 6.54 Å². The molecule has 0 aliphatic heterocycles. The molecule has 0 aliphatic carbocycles. The summed E-state index contributed by atoms with van der Waals surface area (Å²) in [6, 6.07) is 0. The van der Waals surface area contributed by atoms with Crippen LogP contribution in [0, 0.1) is 0 Å². The summed E-state index contributed by atoms with van der Waals surface area (Å²) in [5.74, 6) is 0.0149. The van der Waals surface area contributed by atoms with Gasteiger partial charge in [-0.3, -0.25) is 4.79 Å². The van der Waals surface area contributed by atoms with Crippen molar-refractivity contribution in [1.29, 1.82) is 0 Å². The van der Waals surface area contributed by atoms with E-state index < -0.39 is 0 Å². The van der Waals surface area contributed by atoms with Crippen LogP contribution in [0.2, 0.25) is 0 Å². The second-order valence-electron chi connectivity index (χ2n) is 3.64. The summed E-state index contributed by atoms with van der Waals surface area (Å²) >= 11 is 0. The SMILES string of the molecule is CCN(C)C(=O)Cn1cc(CCCO)nn1. The van der Waals surface area contributed by atoms with E-state index in [1.807, 2.05) is 6.92 Å². The van der Waals surface area contributed by atoms with Crippen LogP contribution < -0.4 is 0 Å². The number of aliphatic hydroxyl groups excluding tert-OH is 1. The maximum Gasteiger partial charge on any atom is 0.244 e. The van der Waals surface area contributed by atoms with E-state index in [1.54, 1.807) is 18.1 Å². The zero-order valence-corrected chi connectivity index (χ0v) is 9.76. The topological polar surface area (TPSA) is 71.2 Å². The maximum absolute atomic E-state index is 11.6. The highest BCUT2D eigenvalue weighted by Gasteiger charge is 2.09. The molecule has 0 bridgehead atoms. The van der Waals surface area contributed by atoms with Crippen LogP contribution in [0.1, 0.15) is 19.0 Å². The average molecular weight is 226 g/mol. The van der Waals surface area contributed by atoms with Crippen molar-refractivity contribution in [1.82, 2.24) is 19.9 Å². The maximum atomic E-state index is 11.6. The monoisotopic (exact) mass is 226 g/mol. The largest absolute Gasteiger partial charge is 0.396 e. The Balaban J connectivity index is 2.48. The highest BCUT2D eigenvalue weighted by molar-refractivity contribution is 5.75. The normalized spacial score (nSPS) is 10.4. The average Bonchev–Trinajstić information content (AvgIpc) is 2.72. The summed E-state index contributed by atoms with van der Waals surface area (Å²) in [5.41, 5.74) is 0.806. The van der Waals surface area contributed by atoms with E-state index in [0.29, 0.717) is 19.4 Å². The molecule has 1 N–H and O–H groups in total. The van der Waals surface area contributed by atoms with Gasteiger partial charge in [0.25, 0.3) is 0 Å². The number of hydrogen-bond donors (Lipinski definition) is 1. The summed E-state index contributed by atoms with van der Waals surface area (Å²) in [6.45, 7) is 2.97. The standard InChI is InChI=1S/C10H18N4O2/c1-3-13(2)10(16)8-14-7-9(11-12-14)5-4-6-15/h7,15H,3-6,8H2,1-2H3. The van der Waals surface area contributed by atoms with Crippen molar-refractivity contribution in [3.8, 4) is 0 Å². The van der Waals surface area contributed by atoms with Crippen LogP contribution in [-0.4, -0.2) is 51.1 Å². The molecule has 6 nitrogen and oxygen atoms in total. The third-order valence-corrected chi connectivity index (χ3v) is 2.37. The van der Waals surface area contributed by atoms with E-state index in [2.05, 4.69) is 10.3 Å². The molecule has 0 atom stereocenters. The Labute approximate surface area is 94.9 Å². The van der Waals surface area contributed by atoms with E-state index in [-0.39, 0.29) is 19.1 Å². The van der Waals surface area contributed by atoms with Crippen molar-refractivity contribution in [2.24, 2.45) is 0 Å². The lowest BCUT2D eigenvalue weighted by Crippen LogP contribution is -2.30. The molecule has 0 aromatic carbocycles. The van der Waals surface area contributed by atoms with Crippen molar-refractivity contribution in [2.75, 3.05) is 20.2 Å². The predicted octanol–water partition coefficient (Wildman–Crippen LogP) is -0.319. The highest BCUT2D eigenvalue weighted by Crippen LogP contribution is 1.98.